The second kappa shape index (κ2) is 5.80. The lowest BCUT2D eigenvalue weighted by atomic mass is 10.1. The highest BCUT2D eigenvalue weighted by atomic mass is 16.6. The maximum absolute atomic E-state index is 11.1. The summed E-state index contributed by atoms with van der Waals surface area (Å²) in [6.07, 6.45) is -0.482. The zero-order valence-electron chi connectivity index (χ0n) is 8.83. The lowest BCUT2D eigenvalue weighted by Gasteiger charge is -2.20. The molecule has 0 aromatic heterocycles. The van der Waals surface area contributed by atoms with Crippen molar-refractivity contribution in [3.63, 3.8) is 0 Å². The Labute approximate surface area is 79.8 Å². The molecule has 4 heteroatoms. The molecule has 0 rings (SSSR count). The van der Waals surface area contributed by atoms with E-state index >= 15 is 0 Å². The van der Waals surface area contributed by atoms with Gasteiger partial charge in [0.2, 0.25) is 0 Å². The standard InChI is InChI=1S/C9H20N2O2/c1-6(2)8(5-10)11-9(12)13-7(3)4/h6-8H,5,10H2,1-4H3,(H,11,12). The van der Waals surface area contributed by atoms with Crippen molar-refractivity contribution in [2.45, 2.75) is 39.8 Å². The molecule has 0 aliphatic carbocycles. The molecule has 0 spiro atoms. The van der Waals surface area contributed by atoms with Crippen LogP contribution in [0.25, 0.3) is 0 Å². The van der Waals surface area contributed by atoms with Crippen LogP contribution in [0, 0.1) is 5.92 Å². The minimum atomic E-state index is -0.390. The van der Waals surface area contributed by atoms with Crippen LogP contribution in [0.2, 0.25) is 0 Å². The molecule has 0 aliphatic heterocycles. The first kappa shape index (κ1) is 12.2. The third-order valence-corrected chi connectivity index (χ3v) is 1.70. The molecule has 0 aromatic rings. The van der Waals surface area contributed by atoms with Crippen molar-refractivity contribution in [1.82, 2.24) is 5.32 Å². The fourth-order valence-electron chi connectivity index (χ4n) is 0.897. The Kier molecular flexibility index (Phi) is 5.46. The van der Waals surface area contributed by atoms with Gasteiger partial charge in [0.1, 0.15) is 0 Å². The molecule has 3 N–H and O–H groups in total. The van der Waals surface area contributed by atoms with Crippen LogP contribution >= 0.6 is 0 Å². The zero-order chi connectivity index (χ0) is 10.4. The number of hydrogen-bond donors (Lipinski definition) is 2. The topological polar surface area (TPSA) is 64.3 Å². The van der Waals surface area contributed by atoms with Gasteiger partial charge in [-0.2, -0.15) is 0 Å². The average molecular weight is 188 g/mol. The number of rotatable bonds is 4. The number of ether oxygens (including phenoxy) is 1. The summed E-state index contributed by atoms with van der Waals surface area (Å²) in [7, 11) is 0. The molecule has 0 saturated carbocycles. The van der Waals surface area contributed by atoms with E-state index in [0.717, 1.165) is 0 Å². The summed E-state index contributed by atoms with van der Waals surface area (Å²) >= 11 is 0. The fourth-order valence-corrected chi connectivity index (χ4v) is 0.897. The number of carbonyl (C=O) groups excluding carboxylic acids is 1. The van der Waals surface area contributed by atoms with Gasteiger partial charge in [-0.3, -0.25) is 0 Å². The average Bonchev–Trinajstić information content (AvgIpc) is 1.98. The normalized spacial score (nSPS) is 13.2. The smallest absolute Gasteiger partial charge is 0.407 e. The van der Waals surface area contributed by atoms with Crippen LogP contribution in [-0.2, 0) is 4.74 Å². The van der Waals surface area contributed by atoms with Gasteiger partial charge in [-0.15, -0.1) is 0 Å². The fraction of sp³-hybridized carbons (Fsp3) is 0.889. The van der Waals surface area contributed by atoms with Gasteiger partial charge < -0.3 is 15.8 Å². The Balaban J connectivity index is 3.87. The van der Waals surface area contributed by atoms with Crippen molar-refractivity contribution in [2.75, 3.05) is 6.54 Å². The van der Waals surface area contributed by atoms with E-state index in [1.54, 1.807) is 0 Å². The molecular weight excluding hydrogens is 168 g/mol. The molecule has 78 valence electrons. The van der Waals surface area contributed by atoms with E-state index in [1.165, 1.54) is 0 Å². The molecule has 0 saturated heterocycles. The number of nitrogens with one attached hydrogen (secondary N) is 1. The van der Waals surface area contributed by atoms with Gasteiger partial charge in [-0.25, -0.2) is 4.79 Å². The van der Waals surface area contributed by atoms with E-state index < -0.39 is 0 Å². The molecule has 13 heavy (non-hydrogen) atoms. The van der Waals surface area contributed by atoms with Gasteiger partial charge in [-0.1, -0.05) is 13.8 Å². The summed E-state index contributed by atoms with van der Waals surface area (Å²) < 4.78 is 4.93. The number of amides is 1. The second-order valence-electron chi connectivity index (χ2n) is 3.68. The summed E-state index contributed by atoms with van der Waals surface area (Å²) in [5.41, 5.74) is 5.48. The van der Waals surface area contributed by atoms with Crippen molar-refractivity contribution in [1.29, 1.82) is 0 Å². The van der Waals surface area contributed by atoms with Gasteiger partial charge in [0.25, 0.3) is 0 Å². The lowest BCUT2D eigenvalue weighted by Crippen LogP contribution is -2.44. The van der Waals surface area contributed by atoms with E-state index in [-0.39, 0.29) is 18.2 Å². The van der Waals surface area contributed by atoms with Crippen molar-refractivity contribution >= 4 is 6.09 Å². The predicted octanol–water partition coefficient (Wildman–Crippen LogP) is 1.10. The minimum absolute atomic E-state index is 0.00810. The summed E-state index contributed by atoms with van der Waals surface area (Å²) in [4.78, 5) is 11.1. The van der Waals surface area contributed by atoms with Crippen molar-refractivity contribution < 1.29 is 9.53 Å². The Hall–Kier alpha value is -0.770. The molecule has 1 unspecified atom stereocenters. The molecule has 4 nitrogen and oxygen atoms in total. The van der Waals surface area contributed by atoms with Gasteiger partial charge in [0, 0.05) is 12.6 Å². The Bertz CT molecular complexity index is 158. The Morgan fingerprint density at radius 2 is 1.92 bits per heavy atom. The molecule has 0 fully saturated rings. The monoisotopic (exact) mass is 188 g/mol. The Morgan fingerprint density at radius 3 is 2.23 bits per heavy atom. The van der Waals surface area contributed by atoms with Gasteiger partial charge >= 0.3 is 6.09 Å². The van der Waals surface area contributed by atoms with Crippen molar-refractivity contribution in [3.8, 4) is 0 Å². The summed E-state index contributed by atoms with van der Waals surface area (Å²) in [6.45, 7) is 8.07. The van der Waals surface area contributed by atoms with E-state index in [2.05, 4.69) is 5.32 Å². The van der Waals surface area contributed by atoms with Crippen LogP contribution in [0.3, 0.4) is 0 Å². The molecule has 0 radical (unpaired) electrons. The van der Waals surface area contributed by atoms with Crippen LogP contribution in [0.1, 0.15) is 27.7 Å². The highest BCUT2D eigenvalue weighted by Crippen LogP contribution is 2.00. The first-order chi connectivity index (χ1) is 5.97. The van der Waals surface area contributed by atoms with Gasteiger partial charge in [0.15, 0.2) is 0 Å². The summed E-state index contributed by atoms with van der Waals surface area (Å²) in [5, 5.41) is 2.71. The summed E-state index contributed by atoms with van der Waals surface area (Å²) in [5.74, 6) is 0.324. The molecule has 0 bridgehead atoms. The van der Waals surface area contributed by atoms with E-state index in [4.69, 9.17) is 10.5 Å². The van der Waals surface area contributed by atoms with Crippen LogP contribution in [0.5, 0.6) is 0 Å². The summed E-state index contributed by atoms with van der Waals surface area (Å²) in [6, 6.07) is -0.00810. The quantitative estimate of drug-likeness (QED) is 0.694. The zero-order valence-corrected chi connectivity index (χ0v) is 8.83. The molecular formula is C9H20N2O2. The second-order valence-corrected chi connectivity index (χ2v) is 3.68. The third kappa shape index (κ3) is 5.47. The first-order valence-corrected chi connectivity index (χ1v) is 4.64. The maximum Gasteiger partial charge on any atom is 0.407 e. The molecule has 1 atom stereocenters. The molecule has 0 aliphatic rings. The molecule has 0 aromatic carbocycles. The van der Waals surface area contributed by atoms with E-state index in [0.29, 0.717) is 12.5 Å². The largest absolute Gasteiger partial charge is 0.447 e. The van der Waals surface area contributed by atoms with Crippen LogP contribution in [0.4, 0.5) is 4.79 Å². The predicted molar refractivity (Wildman–Crippen MR) is 52.4 cm³/mol. The molecule has 0 heterocycles. The van der Waals surface area contributed by atoms with Crippen LogP contribution < -0.4 is 11.1 Å². The van der Waals surface area contributed by atoms with Gasteiger partial charge in [0.05, 0.1) is 6.10 Å². The number of hydrogen-bond acceptors (Lipinski definition) is 3. The van der Waals surface area contributed by atoms with Crippen LogP contribution in [-0.4, -0.2) is 24.8 Å². The number of nitrogens with two attached hydrogens (primary N) is 1. The molecule has 1 amide bonds. The van der Waals surface area contributed by atoms with Gasteiger partial charge in [-0.05, 0) is 19.8 Å². The maximum atomic E-state index is 11.1. The van der Waals surface area contributed by atoms with E-state index in [9.17, 15) is 4.79 Å². The third-order valence-electron chi connectivity index (χ3n) is 1.70. The lowest BCUT2D eigenvalue weighted by molar-refractivity contribution is 0.110. The first-order valence-electron chi connectivity index (χ1n) is 4.64. The Morgan fingerprint density at radius 1 is 1.38 bits per heavy atom. The van der Waals surface area contributed by atoms with E-state index in [1.807, 2.05) is 27.7 Å². The minimum Gasteiger partial charge on any atom is -0.447 e. The highest BCUT2D eigenvalue weighted by molar-refractivity contribution is 5.67. The SMILES string of the molecule is CC(C)OC(=O)NC(CN)C(C)C. The van der Waals surface area contributed by atoms with Crippen molar-refractivity contribution in [3.05, 3.63) is 0 Å². The number of alkyl carbamates (subject to hydrolysis) is 1. The van der Waals surface area contributed by atoms with Crippen molar-refractivity contribution in [2.24, 2.45) is 11.7 Å². The highest BCUT2D eigenvalue weighted by Gasteiger charge is 2.15. The number of carbonyl (C=O) groups is 1. The van der Waals surface area contributed by atoms with Crippen LogP contribution in [0.15, 0.2) is 0 Å².